The lowest BCUT2D eigenvalue weighted by Crippen LogP contribution is -2.28. The van der Waals surface area contributed by atoms with Crippen LogP contribution in [-0.4, -0.2) is 36.4 Å². The van der Waals surface area contributed by atoms with Crippen LogP contribution in [0.15, 0.2) is 12.2 Å². The predicted octanol–water partition coefficient (Wildman–Crippen LogP) is 12.9. The molecule has 5 nitrogen and oxygen atoms in total. The third kappa shape index (κ3) is 37.3. The monoisotopic (exact) mass is 665 g/mol. The Labute approximate surface area is 292 Å². The van der Waals surface area contributed by atoms with Crippen molar-refractivity contribution in [1.29, 1.82) is 0 Å². The summed E-state index contributed by atoms with van der Waals surface area (Å²) in [6.07, 6.45) is 44.2. The molecule has 0 aromatic carbocycles. The SMILES string of the molecule is CCCCCCCC/C=C\CCCCCCCCCCCCCC(=O)OC[C@H](CO)OC(=O)CCCCCCCCCCCCCC. The highest BCUT2D eigenvalue weighted by Gasteiger charge is 2.16. The summed E-state index contributed by atoms with van der Waals surface area (Å²) in [5, 5.41) is 9.55. The number of ether oxygens (including phenoxy) is 2. The first-order valence-electron chi connectivity index (χ1n) is 20.7. The van der Waals surface area contributed by atoms with E-state index in [9.17, 15) is 14.7 Å². The molecule has 1 atom stereocenters. The third-order valence-electron chi connectivity index (χ3n) is 9.31. The minimum atomic E-state index is -0.764. The van der Waals surface area contributed by atoms with Gasteiger partial charge in [-0.05, 0) is 38.5 Å². The van der Waals surface area contributed by atoms with Gasteiger partial charge >= 0.3 is 11.9 Å². The van der Waals surface area contributed by atoms with Crippen molar-refractivity contribution < 1.29 is 24.2 Å². The molecule has 0 aromatic heterocycles. The molecule has 0 fully saturated rings. The van der Waals surface area contributed by atoms with Crippen molar-refractivity contribution in [2.24, 2.45) is 0 Å². The second kappa shape index (κ2) is 39.1. The highest BCUT2D eigenvalue weighted by molar-refractivity contribution is 5.70. The Bertz CT molecular complexity index is 676. The Kier molecular flexibility index (Phi) is 38.0. The summed E-state index contributed by atoms with van der Waals surface area (Å²) < 4.78 is 10.6. The molecule has 0 rings (SSSR count). The number of aliphatic hydroxyl groups is 1. The van der Waals surface area contributed by atoms with E-state index in [1.807, 2.05) is 0 Å². The van der Waals surface area contributed by atoms with Crippen molar-refractivity contribution in [3.8, 4) is 0 Å². The summed E-state index contributed by atoms with van der Waals surface area (Å²) in [7, 11) is 0. The minimum absolute atomic E-state index is 0.0600. The summed E-state index contributed by atoms with van der Waals surface area (Å²) in [6.45, 7) is 4.15. The molecule has 0 heterocycles. The standard InChI is InChI=1S/C42H80O5/c1-3-5-7-9-11-13-15-17-18-19-20-21-22-23-24-25-27-28-30-32-34-36-41(44)46-39-40(38-43)47-42(45)37-35-33-31-29-26-16-14-12-10-8-6-4-2/h17-18,40,43H,3-16,19-39H2,1-2H3/b18-17-/t40-/m0/s1. The maximum atomic E-state index is 12.1. The van der Waals surface area contributed by atoms with E-state index in [1.54, 1.807) is 0 Å². The third-order valence-corrected chi connectivity index (χ3v) is 9.31. The number of allylic oxidation sites excluding steroid dienone is 2. The van der Waals surface area contributed by atoms with Gasteiger partial charge in [0.1, 0.15) is 6.61 Å². The van der Waals surface area contributed by atoms with Gasteiger partial charge in [-0.1, -0.05) is 187 Å². The largest absolute Gasteiger partial charge is 0.462 e. The topological polar surface area (TPSA) is 72.8 Å². The smallest absolute Gasteiger partial charge is 0.306 e. The first-order valence-corrected chi connectivity index (χ1v) is 20.7. The zero-order valence-electron chi connectivity index (χ0n) is 31.6. The van der Waals surface area contributed by atoms with E-state index in [0.717, 1.165) is 38.5 Å². The molecule has 0 saturated heterocycles. The second-order valence-electron chi connectivity index (χ2n) is 14.1. The number of aliphatic hydroxyl groups excluding tert-OH is 1. The van der Waals surface area contributed by atoms with Gasteiger partial charge in [0.15, 0.2) is 6.10 Å². The first-order chi connectivity index (χ1) is 23.1. The van der Waals surface area contributed by atoms with Crippen LogP contribution in [0.25, 0.3) is 0 Å². The minimum Gasteiger partial charge on any atom is -0.462 e. The van der Waals surface area contributed by atoms with Gasteiger partial charge in [-0.2, -0.15) is 0 Å². The highest BCUT2D eigenvalue weighted by Crippen LogP contribution is 2.15. The lowest BCUT2D eigenvalue weighted by molar-refractivity contribution is -0.161. The van der Waals surface area contributed by atoms with E-state index in [2.05, 4.69) is 26.0 Å². The molecule has 0 aliphatic rings. The predicted molar refractivity (Wildman–Crippen MR) is 201 cm³/mol. The Morgan fingerprint density at radius 2 is 0.787 bits per heavy atom. The van der Waals surface area contributed by atoms with Crippen LogP contribution < -0.4 is 0 Å². The van der Waals surface area contributed by atoms with Crippen LogP contribution >= 0.6 is 0 Å². The fourth-order valence-electron chi connectivity index (χ4n) is 6.14. The highest BCUT2D eigenvalue weighted by atomic mass is 16.6. The fraction of sp³-hybridized carbons (Fsp3) is 0.905. The van der Waals surface area contributed by atoms with E-state index in [-0.39, 0.29) is 25.2 Å². The van der Waals surface area contributed by atoms with E-state index in [0.29, 0.717) is 12.8 Å². The number of carbonyl (C=O) groups excluding carboxylic acids is 2. The summed E-state index contributed by atoms with van der Waals surface area (Å²) in [5.41, 5.74) is 0. The zero-order chi connectivity index (χ0) is 34.3. The van der Waals surface area contributed by atoms with E-state index in [1.165, 1.54) is 161 Å². The normalized spacial score (nSPS) is 12.1. The van der Waals surface area contributed by atoms with Crippen molar-refractivity contribution in [2.45, 2.75) is 232 Å². The molecule has 0 amide bonds. The Hall–Kier alpha value is -1.36. The number of esters is 2. The van der Waals surface area contributed by atoms with Gasteiger partial charge in [-0.3, -0.25) is 9.59 Å². The van der Waals surface area contributed by atoms with E-state index in [4.69, 9.17) is 9.47 Å². The molecule has 0 radical (unpaired) electrons. The van der Waals surface area contributed by atoms with Crippen molar-refractivity contribution in [1.82, 2.24) is 0 Å². The molecule has 0 unspecified atom stereocenters. The summed E-state index contributed by atoms with van der Waals surface area (Å²) in [6, 6.07) is 0. The van der Waals surface area contributed by atoms with Gasteiger partial charge in [-0.15, -0.1) is 0 Å². The van der Waals surface area contributed by atoms with Crippen molar-refractivity contribution >= 4 is 11.9 Å². The van der Waals surface area contributed by atoms with Crippen LogP contribution in [0.1, 0.15) is 226 Å². The van der Waals surface area contributed by atoms with Gasteiger partial charge in [0.25, 0.3) is 0 Å². The molecular formula is C42H80O5. The van der Waals surface area contributed by atoms with E-state index < -0.39 is 6.10 Å². The van der Waals surface area contributed by atoms with Crippen molar-refractivity contribution in [2.75, 3.05) is 13.2 Å². The quantitative estimate of drug-likeness (QED) is 0.0404. The molecule has 0 aliphatic carbocycles. The zero-order valence-corrected chi connectivity index (χ0v) is 31.6. The van der Waals surface area contributed by atoms with Gasteiger partial charge in [0.05, 0.1) is 6.61 Å². The average Bonchev–Trinajstić information content (AvgIpc) is 3.07. The Morgan fingerprint density at radius 1 is 0.468 bits per heavy atom. The molecule has 0 saturated carbocycles. The Morgan fingerprint density at radius 3 is 1.15 bits per heavy atom. The number of hydrogen-bond donors (Lipinski definition) is 1. The Balaban J connectivity index is 3.48. The van der Waals surface area contributed by atoms with Gasteiger partial charge in [-0.25, -0.2) is 0 Å². The number of rotatable bonds is 38. The summed E-state index contributed by atoms with van der Waals surface area (Å²) in [5.74, 6) is -0.581. The average molecular weight is 665 g/mol. The molecule has 0 bridgehead atoms. The number of carbonyl (C=O) groups is 2. The maximum absolute atomic E-state index is 12.1. The maximum Gasteiger partial charge on any atom is 0.306 e. The van der Waals surface area contributed by atoms with Crippen molar-refractivity contribution in [3.05, 3.63) is 12.2 Å². The number of unbranched alkanes of at least 4 members (excludes halogenated alkanes) is 28. The second-order valence-corrected chi connectivity index (χ2v) is 14.1. The molecular weight excluding hydrogens is 584 g/mol. The summed E-state index contributed by atoms with van der Waals surface area (Å²) in [4.78, 5) is 24.2. The summed E-state index contributed by atoms with van der Waals surface area (Å²) >= 11 is 0. The molecule has 278 valence electrons. The lowest BCUT2D eigenvalue weighted by atomic mass is 10.0. The molecule has 0 aromatic rings. The molecule has 0 aliphatic heterocycles. The molecule has 47 heavy (non-hydrogen) atoms. The van der Waals surface area contributed by atoms with Crippen LogP contribution in [0.2, 0.25) is 0 Å². The van der Waals surface area contributed by atoms with Crippen LogP contribution in [-0.2, 0) is 19.1 Å². The fourth-order valence-corrected chi connectivity index (χ4v) is 6.14. The van der Waals surface area contributed by atoms with Crippen LogP contribution in [0.4, 0.5) is 0 Å². The molecule has 0 spiro atoms. The van der Waals surface area contributed by atoms with Crippen LogP contribution in [0.3, 0.4) is 0 Å². The first kappa shape index (κ1) is 45.6. The van der Waals surface area contributed by atoms with Crippen LogP contribution in [0.5, 0.6) is 0 Å². The van der Waals surface area contributed by atoms with Gasteiger partial charge in [0, 0.05) is 12.8 Å². The van der Waals surface area contributed by atoms with Gasteiger partial charge < -0.3 is 14.6 Å². The lowest BCUT2D eigenvalue weighted by Gasteiger charge is -2.15. The molecule has 5 heteroatoms. The molecule has 1 N–H and O–H groups in total. The van der Waals surface area contributed by atoms with Crippen LogP contribution in [0, 0.1) is 0 Å². The van der Waals surface area contributed by atoms with Crippen molar-refractivity contribution in [3.63, 3.8) is 0 Å². The van der Waals surface area contributed by atoms with E-state index >= 15 is 0 Å². The van der Waals surface area contributed by atoms with Gasteiger partial charge in [0.2, 0.25) is 0 Å². The number of hydrogen-bond acceptors (Lipinski definition) is 5.